The number of hydrogen-bond acceptors (Lipinski definition) is 3. The Morgan fingerprint density at radius 3 is 2.38 bits per heavy atom. The lowest BCUT2D eigenvalue weighted by Crippen LogP contribution is -2.27. The van der Waals surface area contributed by atoms with Gasteiger partial charge in [0.15, 0.2) is 0 Å². The molecular weight excluding hydrogens is 309 g/mol. The van der Waals surface area contributed by atoms with Crippen molar-refractivity contribution in [3.63, 3.8) is 0 Å². The molecule has 4 nitrogen and oxygen atoms in total. The summed E-state index contributed by atoms with van der Waals surface area (Å²) >= 11 is 0. The molecule has 24 heavy (non-hydrogen) atoms. The Morgan fingerprint density at radius 1 is 1.12 bits per heavy atom. The average Bonchev–Trinajstić information content (AvgIpc) is 2.94. The molecule has 0 unspecified atom stereocenters. The van der Waals surface area contributed by atoms with Crippen LogP contribution in [0.4, 0.5) is 10.1 Å². The molecule has 1 heterocycles. The van der Waals surface area contributed by atoms with E-state index in [1.165, 1.54) is 29.2 Å². The monoisotopic (exact) mass is 327 g/mol. The second kappa shape index (κ2) is 6.43. The Hall–Kier alpha value is -2.69. The predicted molar refractivity (Wildman–Crippen MR) is 88.4 cm³/mol. The van der Waals surface area contributed by atoms with Gasteiger partial charge in [0.25, 0.3) is 0 Å². The van der Waals surface area contributed by atoms with Crippen LogP contribution in [0.15, 0.2) is 42.5 Å². The van der Waals surface area contributed by atoms with Gasteiger partial charge in [-0.3, -0.25) is 9.59 Å². The number of para-hydroxylation sites is 1. The van der Waals surface area contributed by atoms with Gasteiger partial charge in [0.1, 0.15) is 11.6 Å². The highest BCUT2D eigenvalue weighted by molar-refractivity contribution is 5.99. The predicted octanol–water partition coefficient (Wildman–Crippen LogP) is 3.40. The van der Waals surface area contributed by atoms with Gasteiger partial charge < -0.3 is 9.64 Å². The van der Waals surface area contributed by atoms with E-state index >= 15 is 0 Å². The zero-order valence-electron chi connectivity index (χ0n) is 13.6. The molecule has 0 radical (unpaired) electrons. The fraction of sp³-hybridized carbons (Fsp3) is 0.263. The van der Waals surface area contributed by atoms with Crippen molar-refractivity contribution in [2.24, 2.45) is 5.92 Å². The first-order chi connectivity index (χ1) is 11.5. The zero-order valence-corrected chi connectivity index (χ0v) is 13.6. The Kier molecular flexibility index (Phi) is 4.34. The van der Waals surface area contributed by atoms with Gasteiger partial charge in [0.2, 0.25) is 5.91 Å². The third-order valence-electron chi connectivity index (χ3n) is 4.21. The molecule has 1 aliphatic heterocycles. The number of carbonyl (C=O) groups is 2. The van der Waals surface area contributed by atoms with E-state index in [1.54, 1.807) is 0 Å². The van der Waals surface area contributed by atoms with Crippen LogP contribution in [0.2, 0.25) is 0 Å². The lowest BCUT2D eigenvalue weighted by atomic mass is 10.1. The van der Waals surface area contributed by atoms with Crippen LogP contribution in [-0.4, -0.2) is 18.4 Å². The number of carbonyl (C=O) groups excluding carboxylic acids is 2. The number of esters is 1. The molecule has 1 atom stereocenters. The van der Waals surface area contributed by atoms with E-state index < -0.39 is 11.9 Å². The highest BCUT2D eigenvalue weighted by Gasteiger charge is 2.36. The Bertz CT molecular complexity index is 765. The summed E-state index contributed by atoms with van der Waals surface area (Å²) in [5.41, 5.74) is 2.34. The molecular formula is C19H18FNO3. The summed E-state index contributed by atoms with van der Waals surface area (Å²) in [4.78, 5) is 26.1. The molecule has 2 aromatic rings. The van der Waals surface area contributed by atoms with Crippen molar-refractivity contribution < 1.29 is 18.7 Å². The van der Waals surface area contributed by atoms with Gasteiger partial charge in [0, 0.05) is 18.7 Å². The van der Waals surface area contributed by atoms with Gasteiger partial charge in [0.05, 0.1) is 5.92 Å². The first kappa shape index (κ1) is 16.2. The van der Waals surface area contributed by atoms with E-state index in [2.05, 4.69) is 0 Å². The van der Waals surface area contributed by atoms with Gasteiger partial charge in [-0.15, -0.1) is 0 Å². The molecule has 0 bridgehead atoms. The second-order valence-corrected chi connectivity index (χ2v) is 6.02. The molecule has 3 rings (SSSR count). The molecule has 1 saturated heterocycles. The SMILES string of the molecule is Cc1cccc(C)c1OC(=O)[C@H]1CC(=O)N(c2ccc(F)cc2)C1. The van der Waals surface area contributed by atoms with Gasteiger partial charge in [-0.1, -0.05) is 18.2 Å². The number of nitrogens with zero attached hydrogens (tertiary/aromatic N) is 1. The van der Waals surface area contributed by atoms with E-state index in [9.17, 15) is 14.0 Å². The molecule has 1 aliphatic rings. The molecule has 0 aliphatic carbocycles. The van der Waals surface area contributed by atoms with Crippen molar-refractivity contribution in [2.45, 2.75) is 20.3 Å². The van der Waals surface area contributed by atoms with E-state index in [1.807, 2.05) is 32.0 Å². The molecule has 1 amide bonds. The van der Waals surface area contributed by atoms with Crippen LogP contribution in [0, 0.1) is 25.6 Å². The lowest BCUT2D eigenvalue weighted by molar-refractivity contribution is -0.139. The fourth-order valence-corrected chi connectivity index (χ4v) is 2.88. The summed E-state index contributed by atoms with van der Waals surface area (Å²) in [7, 11) is 0. The maximum absolute atomic E-state index is 13.0. The molecule has 0 spiro atoms. The van der Waals surface area contributed by atoms with Crippen molar-refractivity contribution in [1.29, 1.82) is 0 Å². The van der Waals surface area contributed by atoms with Crippen molar-refractivity contribution in [2.75, 3.05) is 11.4 Å². The van der Waals surface area contributed by atoms with E-state index in [0.29, 0.717) is 11.4 Å². The van der Waals surface area contributed by atoms with E-state index in [4.69, 9.17) is 4.74 Å². The quantitative estimate of drug-likeness (QED) is 0.641. The molecule has 1 fully saturated rings. The number of amides is 1. The van der Waals surface area contributed by atoms with Crippen molar-refractivity contribution in [1.82, 2.24) is 0 Å². The van der Waals surface area contributed by atoms with Crippen LogP contribution < -0.4 is 9.64 Å². The number of aryl methyl sites for hydroxylation is 2. The van der Waals surface area contributed by atoms with Gasteiger partial charge in [-0.25, -0.2) is 4.39 Å². The Balaban J connectivity index is 1.73. The Labute approximate surface area is 139 Å². The maximum Gasteiger partial charge on any atom is 0.316 e. The molecule has 2 aromatic carbocycles. The van der Waals surface area contributed by atoms with Crippen LogP contribution in [0.1, 0.15) is 17.5 Å². The zero-order chi connectivity index (χ0) is 17.3. The van der Waals surface area contributed by atoms with Crippen molar-refractivity contribution >= 4 is 17.6 Å². The minimum atomic E-state index is -0.526. The van der Waals surface area contributed by atoms with Gasteiger partial charge in [-0.05, 0) is 49.2 Å². The van der Waals surface area contributed by atoms with Crippen LogP contribution >= 0.6 is 0 Å². The van der Waals surface area contributed by atoms with Crippen LogP contribution in [0.25, 0.3) is 0 Å². The van der Waals surface area contributed by atoms with Crippen LogP contribution in [-0.2, 0) is 9.59 Å². The molecule has 124 valence electrons. The minimum absolute atomic E-state index is 0.0984. The van der Waals surface area contributed by atoms with Gasteiger partial charge in [-0.2, -0.15) is 0 Å². The number of rotatable bonds is 3. The number of hydrogen-bond donors (Lipinski definition) is 0. The van der Waals surface area contributed by atoms with Crippen molar-refractivity contribution in [3.8, 4) is 5.75 Å². The second-order valence-electron chi connectivity index (χ2n) is 6.02. The lowest BCUT2D eigenvalue weighted by Gasteiger charge is -2.17. The molecule has 0 N–H and O–H groups in total. The molecule has 0 saturated carbocycles. The highest BCUT2D eigenvalue weighted by Crippen LogP contribution is 2.28. The summed E-state index contributed by atoms with van der Waals surface area (Å²) in [6.45, 7) is 3.99. The van der Waals surface area contributed by atoms with Crippen LogP contribution in [0.3, 0.4) is 0 Å². The first-order valence-corrected chi connectivity index (χ1v) is 7.79. The average molecular weight is 327 g/mol. The maximum atomic E-state index is 13.0. The topological polar surface area (TPSA) is 46.6 Å². The standard InChI is InChI=1S/C19H18FNO3/c1-12-4-3-5-13(2)18(12)24-19(23)14-10-17(22)21(11-14)16-8-6-15(20)7-9-16/h3-9,14H,10-11H2,1-2H3/t14-/m0/s1. The van der Waals surface area contributed by atoms with Crippen molar-refractivity contribution in [3.05, 3.63) is 59.4 Å². The summed E-state index contributed by atoms with van der Waals surface area (Å²) in [5.74, 6) is -0.913. The van der Waals surface area contributed by atoms with Crippen LogP contribution in [0.5, 0.6) is 5.75 Å². The van der Waals surface area contributed by atoms with Gasteiger partial charge >= 0.3 is 5.97 Å². The number of halogens is 1. The third kappa shape index (κ3) is 3.15. The third-order valence-corrected chi connectivity index (χ3v) is 4.21. The molecule has 5 heteroatoms. The molecule has 0 aromatic heterocycles. The summed E-state index contributed by atoms with van der Waals surface area (Å²) in [5, 5.41) is 0. The Morgan fingerprint density at radius 2 is 1.75 bits per heavy atom. The number of ether oxygens (including phenoxy) is 1. The fourth-order valence-electron chi connectivity index (χ4n) is 2.88. The summed E-state index contributed by atoms with van der Waals surface area (Å²) in [6, 6.07) is 11.3. The normalized spacial score (nSPS) is 17.2. The smallest absolute Gasteiger partial charge is 0.316 e. The number of anilines is 1. The minimum Gasteiger partial charge on any atom is -0.426 e. The number of benzene rings is 2. The largest absolute Gasteiger partial charge is 0.426 e. The highest BCUT2D eigenvalue weighted by atomic mass is 19.1. The summed E-state index contributed by atoms with van der Waals surface area (Å²) < 4.78 is 18.5. The van der Waals surface area contributed by atoms with E-state index in [-0.39, 0.29) is 24.7 Å². The summed E-state index contributed by atoms with van der Waals surface area (Å²) in [6.07, 6.45) is 0.0984. The van der Waals surface area contributed by atoms with E-state index in [0.717, 1.165) is 11.1 Å². The first-order valence-electron chi connectivity index (χ1n) is 7.79.